The van der Waals surface area contributed by atoms with E-state index in [0.29, 0.717) is 0 Å². The Labute approximate surface area is 94.7 Å². The molecular formula is C8H9N3O6. The first-order chi connectivity index (χ1) is 7.91. The van der Waals surface area contributed by atoms with Crippen LogP contribution in [0.5, 0.6) is 0 Å². The average Bonchev–Trinajstić information content (AvgIpc) is 2.59. The fraction of sp³-hybridized carbons (Fsp3) is 0.250. The van der Waals surface area contributed by atoms with E-state index in [1.54, 1.807) is 0 Å². The molecule has 0 fully saturated rings. The summed E-state index contributed by atoms with van der Waals surface area (Å²) in [6.45, 7) is -0.696. The van der Waals surface area contributed by atoms with E-state index in [9.17, 15) is 19.7 Å². The number of aromatic nitrogens is 1. The molecule has 2 N–H and O–H groups in total. The molecule has 0 unspecified atom stereocenters. The molecule has 9 heteroatoms. The van der Waals surface area contributed by atoms with Crippen LogP contribution in [0.1, 0.15) is 10.5 Å². The molecule has 1 aromatic heterocycles. The highest BCUT2D eigenvalue weighted by atomic mass is 16.7. The fourth-order valence-electron chi connectivity index (χ4n) is 1.09. The quantitative estimate of drug-likeness (QED) is 0.539. The minimum absolute atomic E-state index is 0.0120. The van der Waals surface area contributed by atoms with Crippen LogP contribution in [0, 0.1) is 10.1 Å². The number of carboxylic acids is 1. The van der Waals surface area contributed by atoms with Crippen molar-refractivity contribution >= 4 is 17.6 Å². The van der Waals surface area contributed by atoms with Gasteiger partial charge in [0, 0.05) is 13.1 Å². The number of aryl methyl sites for hydroxylation is 1. The molecule has 0 aliphatic rings. The van der Waals surface area contributed by atoms with Crippen molar-refractivity contribution in [3.63, 3.8) is 0 Å². The van der Waals surface area contributed by atoms with Crippen molar-refractivity contribution in [2.75, 3.05) is 6.61 Å². The molecule has 0 atom stereocenters. The van der Waals surface area contributed by atoms with Crippen LogP contribution in [0.25, 0.3) is 0 Å². The number of nitrogens with one attached hydrogen (secondary N) is 1. The monoisotopic (exact) mass is 243 g/mol. The Kier molecular flexibility index (Phi) is 3.78. The number of aliphatic carboxylic acids is 1. The molecule has 17 heavy (non-hydrogen) atoms. The van der Waals surface area contributed by atoms with Crippen molar-refractivity contribution in [3.05, 3.63) is 28.1 Å². The standard InChI is InChI=1S/C8H9N3O6/c1-10-3-5(11(15)16)2-6(10)8(14)9-17-4-7(12)13/h2-3H,4H2,1H3,(H,9,14)(H,12,13). The number of carbonyl (C=O) groups is 2. The van der Waals surface area contributed by atoms with Gasteiger partial charge in [-0.25, -0.2) is 10.3 Å². The molecule has 0 bridgehead atoms. The Morgan fingerprint density at radius 3 is 2.76 bits per heavy atom. The van der Waals surface area contributed by atoms with Gasteiger partial charge in [0.2, 0.25) is 0 Å². The second-order valence-electron chi connectivity index (χ2n) is 3.07. The Balaban J connectivity index is 2.69. The van der Waals surface area contributed by atoms with E-state index in [2.05, 4.69) is 4.84 Å². The van der Waals surface area contributed by atoms with E-state index < -0.39 is 23.4 Å². The van der Waals surface area contributed by atoms with Gasteiger partial charge in [0.1, 0.15) is 5.69 Å². The average molecular weight is 243 g/mol. The Morgan fingerprint density at radius 2 is 2.29 bits per heavy atom. The van der Waals surface area contributed by atoms with Gasteiger partial charge < -0.3 is 9.67 Å². The van der Waals surface area contributed by atoms with Gasteiger partial charge in [0.25, 0.3) is 11.6 Å². The Bertz CT molecular complexity index is 466. The van der Waals surface area contributed by atoms with Gasteiger partial charge in [-0.3, -0.25) is 19.7 Å². The molecule has 0 aromatic carbocycles. The summed E-state index contributed by atoms with van der Waals surface area (Å²) >= 11 is 0. The van der Waals surface area contributed by atoms with Crippen LogP contribution in [-0.2, 0) is 16.7 Å². The van der Waals surface area contributed by atoms with Crippen molar-refractivity contribution in [1.82, 2.24) is 10.0 Å². The van der Waals surface area contributed by atoms with E-state index >= 15 is 0 Å². The highest BCUT2D eigenvalue weighted by Gasteiger charge is 2.17. The van der Waals surface area contributed by atoms with Crippen LogP contribution in [0.2, 0.25) is 0 Å². The van der Waals surface area contributed by atoms with Gasteiger partial charge in [-0.05, 0) is 0 Å². The molecule has 1 aromatic rings. The summed E-state index contributed by atoms with van der Waals surface area (Å²) in [5.41, 5.74) is 1.61. The van der Waals surface area contributed by atoms with Crippen LogP contribution < -0.4 is 5.48 Å². The molecule has 0 aliphatic heterocycles. The zero-order valence-electron chi connectivity index (χ0n) is 8.74. The van der Waals surface area contributed by atoms with Crippen LogP contribution in [0.4, 0.5) is 5.69 Å². The lowest BCUT2D eigenvalue weighted by atomic mass is 10.4. The third-order valence-electron chi connectivity index (χ3n) is 1.79. The molecule has 0 spiro atoms. The lowest BCUT2D eigenvalue weighted by molar-refractivity contribution is -0.384. The Hall–Kier alpha value is -2.42. The number of amides is 1. The summed E-state index contributed by atoms with van der Waals surface area (Å²) in [6.07, 6.45) is 1.16. The van der Waals surface area contributed by atoms with Crippen molar-refractivity contribution in [3.8, 4) is 0 Å². The molecular weight excluding hydrogens is 234 g/mol. The lowest BCUT2D eigenvalue weighted by Crippen LogP contribution is -2.28. The van der Waals surface area contributed by atoms with Gasteiger partial charge >= 0.3 is 5.97 Å². The first kappa shape index (κ1) is 12.6. The summed E-state index contributed by atoms with van der Waals surface area (Å²) in [7, 11) is 1.44. The molecule has 1 heterocycles. The number of nitro groups is 1. The van der Waals surface area contributed by atoms with Gasteiger partial charge in [0.05, 0.1) is 11.1 Å². The number of nitrogens with zero attached hydrogens (tertiary/aromatic N) is 2. The van der Waals surface area contributed by atoms with Crippen LogP contribution in [-0.4, -0.2) is 33.1 Å². The highest BCUT2D eigenvalue weighted by molar-refractivity contribution is 5.92. The predicted molar refractivity (Wildman–Crippen MR) is 53.1 cm³/mol. The van der Waals surface area contributed by atoms with Crippen molar-refractivity contribution < 1.29 is 24.5 Å². The van der Waals surface area contributed by atoms with Crippen LogP contribution >= 0.6 is 0 Å². The maximum atomic E-state index is 11.4. The van der Waals surface area contributed by atoms with Crippen molar-refractivity contribution in [2.24, 2.45) is 7.05 Å². The minimum atomic E-state index is -1.25. The molecule has 9 nitrogen and oxygen atoms in total. The number of rotatable bonds is 5. The zero-order valence-corrected chi connectivity index (χ0v) is 8.74. The predicted octanol–water partition coefficient (Wildman–Crippen LogP) is -0.321. The number of carboxylic acid groups (broad SMARTS) is 1. The molecule has 0 saturated carbocycles. The highest BCUT2D eigenvalue weighted by Crippen LogP contribution is 2.14. The fourth-order valence-corrected chi connectivity index (χ4v) is 1.09. The van der Waals surface area contributed by atoms with E-state index in [4.69, 9.17) is 5.11 Å². The van der Waals surface area contributed by atoms with Gasteiger partial charge in [0.15, 0.2) is 6.61 Å². The summed E-state index contributed by atoms with van der Waals surface area (Å²) in [5.74, 6) is -2.01. The summed E-state index contributed by atoms with van der Waals surface area (Å²) in [5, 5.41) is 18.7. The molecule has 1 amide bonds. The van der Waals surface area contributed by atoms with E-state index in [1.807, 2.05) is 5.48 Å². The first-order valence-corrected chi connectivity index (χ1v) is 4.36. The normalized spacial score (nSPS) is 9.94. The SMILES string of the molecule is Cn1cc([N+](=O)[O-])cc1C(=O)NOCC(=O)O. The van der Waals surface area contributed by atoms with Crippen LogP contribution in [0.15, 0.2) is 12.3 Å². The van der Waals surface area contributed by atoms with Crippen molar-refractivity contribution in [1.29, 1.82) is 0 Å². The first-order valence-electron chi connectivity index (χ1n) is 4.36. The lowest BCUT2D eigenvalue weighted by Gasteiger charge is -2.03. The molecule has 0 aliphatic carbocycles. The van der Waals surface area contributed by atoms with Gasteiger partial charge in [-0.1, -0.05) is 0 Å². The summed E-state index contributed by atoms with van der Waals surface area (Å²) in [6, 6.07) is 1.06. The van der Waals surface area contributed by atoms with E-state index in [-0.39, 0.29) is 11.4 Å². The third kappa shape index (κ3) is 3.28. The third-order valence-corrected chi connectivity index (χ3v) is 1.79. The minimum Gasteiger partial charge on any atom is -0.479 e. The van der Waals surface area contributed by atoms with Gasteiger partial charge in [-0.15, -0.1) is 0 Å². The number of hydroxylamine groups is 1. The summed E-state index contributed by atoms with van der Waals surface area (Å²) in [4.78, 5) is 35.7. The van der Waals surface area contributed by atoms with E-state index in [0.717, 1.165) is 12.3 Å². The van der Waals surface area contributed by atoms with Crippen molar-refractivity contribution in [2.45, 2.75) is 0 Å². The smallest absolute Gasteiger partial charge is 0.332 e. The molecule has 0 saturated heterocycles. The maximum Gasteiger partial charge on any atom is 0.332 e. The van der Waals surface area contributed by atoms with Crippen LogP contribution in [0.3, 0.4) is 0 Å². The largest absolute Gasteiger partial charge is 0.479 e. The number of carbonyl (C=O) groups excluding carboxylic acids is 1. The Morgan fingerprint density at radius 1 is 1.65 bits per heavy atom. The number of hydrogen-bond acceptors (Lipinski definition) is 5. The maximum absolute atomic E-state index is 11.4. The topological polar surface area (TPSA) is 124 Å². The molecule has 0 radical (unpaired) electrons. The molecule has 1 rings (SSSR count). The number of hydrogen-bond donors (Lipinski definition) is 2. The zero-order chi connectivity index (χ0) is 13.0. The molecule has 92 valence electrons. The second-order valence-corrected chi connectivity index (χ2v) is 3.07. The van der Waals surface area contributed by atoms with Gasteiger partial charge in [-0.2, -0.15) is 0 Å². The van der Waals surface area contributed by atoms with E-state index in [1.165, 1.54) is 11.6 Å². The summed E-state index contributed by atoms with van der Waals surface area (Å²) < 4.78 is 1.23. The second kappa shape index (κ2) is 5.07.